The van der Waals surface area contributed by atoms with Crippen molar-refractivity contribution in [1.29, 1.82) is 0 Å². The average molecular weight is 256 g/mol. The van der Waals surface area contributed by atoms with Crippen LogP contribution in [0.4, 0.5) is 0 Å². The van der Waals surface area contributed by atoms with Crippen LogP contribution < -0.4 is 5.32 Å². The molecule has 18 heavy (non-hydrogen) atoms. The van der Waals surface area contributed by atoms with Crippen LogP contribution in [0.2, 0.25) is 0 Å². The second kappa shape index (κ2) is 10.8. The molecule has 0 aliphatic heterocycles. The van der Waals surface area contributed by atoms with E-state index in [9.17, 15) is 0 Å². The first-order valence-electron chi connectivity index (χ1n) is 8.00. The molecule has 2 nitrogen and oxygen atoms in total. The summed E-state index contributed by atoms with van der Waals surface area (Å²) in [4.78, 5) is 2.64. The lowest BCUT2D eigenvalue weighted by atomic mass is 10.0. The number of hydrogen-bond donors (Lipinski definition) is 1. The number of hydrogen-bond acceptors (Lipinski definition) is 2. The molecule has 0 aromatic carbocycles. The highest BCUT2D eigenvalue weighted by Gasteiger charge is 2.18. The molecule has 110 valence electrons. The molecule has 0 bridgehead atoms. The summed E-state index contributed by atoms with van der Waals surface area (Å²) >= 11 is 0. The predicted octanol–water partition coefficient (Wildman–Crippen LogP) is 3.91. The van der Waals surface area contributed by atoms with Gasteiger partial charge in [-0.2, -0.15) is 0 Å². The standard InChI is InChI=1S/C16H36N2/c1-7-9-10-12-18(15(5)6)13-16(14(3)4)17-11-8-2/h14-17H,7-13H2,1-6H3. The van der Waals surface area contributed by atoms with E-state index in [-0.39, 0.29) is 0 Å². The van der Waals surface area contributed by atoms with Gasteiger partial charge in [-0.15, -0.1) is 0 Å². The average Bonchev–Trinajstić information content (AvgIpc) is 2.31. The van der Waals surface area contributed by atoms with Crippen molar-refractivity contribution >= 4 is 0 Å². The van der Waals surface area contributed by atoms with Gasteiger partial charge >= 0.3 is 0 Å². The van der Waals surface area contributed by atoms with Gasteiger partial charge in [-0.3, -0.25) is 4.90 Å². The first-order valence-corrected chi connectivity index (χ1v) is 8.00. The fourth-order valence-corrected chi connectivity index (χ4v) is 2.22. The summed E-state index contributed by atoms with van der Waals surface area (Å²) in [5, 5.41) is 3.70. The molecule has 0 aliphatic rings. The number of nitrogens with zero attached hydrogens (tertiary/aromatic N) is 1. The zero-order chi connectivity index (χ0) is 14.0. The maximum atomic E-state index is 3.70. The fourth-order valence-electron chi connectivity index (χ4n) is 2.22. The maximum Gasteiger partial charge on any atom is 0.0218 e. The molecule has 0 aromatic heterocycles. The Kier molecular flexibility index (Phi) is 10.8. The van der Waals surface area contributed by atoms with Crippen molar-refractivity contribution in [2.45, 2.75) is 79.3 Å². The molecule has 0 saturated carbocycles. The van der Waals surface area contributed by atoms with Gasteiger partial charge in [0.2, 0.25) is 0 Å². The molecule has 0 radical (unpaired) electrons. The van der Waals surface area contributed by atoms with E-state index in [0.29, 0.717) is 18.0 Å². The normalized spacial score (nSPS) is 13.8. The summed E-state index contributed by atoms with van der Waals surface area (Å²) in [6, 6.07) is 1.29. The Morgan fingerprint density at radius 3 is 2.06 bits per heavy atom. The van der Waals surface area contributed by atoms with Gasteiger partial charge in [-0.25, -0.2) is 0 Å². The van der Waals surface area contributed by atoms with Gasteiger partial charge in [0.25, 0.3) is 0 Å². The number of rotatable bonds is 11. The zero-order valence-electron chi connectivity index (χ0n) is 13.6. The van der Waals surface area contributed by atoms with Crippen LogP contribution >= 0.6 is 0 Å². The first kappa shape index (κ1) is 17.9. The molecule has 0 heterocycles. The van der Waals surface area contributed by atoms with Gasteiger partial charge in [-0.1, -0.05) is 40.5 Å². The van der Waals surface area contributed by atoms with Crippen molar-refractivity contribution in [2.75, 3.05) is 19.6 Å². The third kappa shape index (κ3) is 8.10. The van der Waals surface area contributed by atoms with E-state index in [0.717, 1.165) is 6.54 Å². The Morgan fingerprint density at radius 2 is 1.61 bits per heavy atom. The van der Waals surface area contributed by atoms with Crippen LogP contribution in [0.5, 0.6) is 0 Å². The minimum absolute atomic E-state index is 0.633. The molecule has 0 saturated heterocycles. The lowest BCUT2D eigenvalue weighted by molar-refractivity contribution is 0.176. The minimum Gasteiger partial charge on any atom is -0.312 e. The van der Waals surface area contributed by atoms with Crippen LogP contribution in [0.1, 0.15) is 67.2 Å². The number of nitrogens with one attached hydrogen (secondary N) is 1. The molecule has 0 spiro atoms. The van der Waals surface area contributed by atoms with E-state index < -0.39 is 0 Å². The topological polar surface area (TPSA) is 15.3 Å². The van der Waals surface area contributed by atoms with E-state index in [4.69, 9.17) is 0 Å². The maximum absolute atomic E-state index is 3.70. The van der Waals surface area contributed by atoms with E-state index in [1.165, 1.54) is 38.8 Å². The Balaban J connectivity index is 4.22. The van der Waals surface area contributed by atoms with Gasteiger partial charge in [0, 0.05) is 18.6 Å². The smallest absolute Gasteiger partial charge is 0.0218 e. The van der Waals surface area contributed by atoms with Gasteiger partial charge in [0.05, 0.1) is 0 Å². The lowest BCUT2D eigenvalue weighted by Crippen LogP contribution is -2.47. The molecular formula is C16H36N2. The summed E-state index contributed by atoms with van der Waals surface area (Å²) in [7, 11) is 0. The van der Waals surface area contributed by atoms with Gasteiger partial charge in [0.15, 0.2) is 0 Å². The number of unbranched alkanes of at least 4 members (excludes halogenated alkanes) is 2. The van der Waals surface area contributed by atoms with Crippen molar-refractivity contribution in [3.8, 4) is 0 Å². The van der Waals surface area contributed by atoms with Crippen molar-refractivity contribution in [3.05, 3.63) is 0 Å². The van der Waals surface area contributed by atoms with E-state index in [1.807, 2.05) is 0 Å². The van der Waals surface area contributed by atoms with Crippen LogP contribution in [0.15, 0.2) is 0 Å². The van der Waals surface area contributed by atoms with Crippen molar-refractivity contribution in [3.63, 3.8) is 0 Å². The quantitative estimate of drug-likeness (QED) is 0.564. The van der Waals surface area contributed by atoms with Gasteiger partial charge in [-0.05, 0) is 45.7 Å². The van der Waals surface area contributed by atoms with E-state index in [2.05, 4.69) is 51.8 Å². The molecule has 0 rings (SSSR count). The van der Waals surface area contributed by atoms with E-state index >= 15 is 0 Å². The fraction of sp³-hybridized carbons (Fsp3) is 1.00. The van der Waals surface area contributed by atoms with Crippen LogP contribution in [0.3, 0.4) is 0 Å². The third-order valence-electron chi connectivity index (χ3n) is 3.67. The SMILES string of the molecule is CCCCCN(CC(NCCC)C(C)C)C(C)C. The summed E-state index contributed by atoms with van der Waals surface area (Å²) in [6.07, 6.45) is 5.24. The summed E-state index contributed by atoms with van der Waals surface area (Å²) in [5.41, 5.74) is 0. The van der Waals surface area contributed by atoms with E-state index in [1.54, 1.807) is 0 Å². The summed E-state index contributed by atoms with van der Waals surface area (Å²) in [5.74, 6) is 0.712. The van der Waals surface area contributed by atoms with Crippen LogP contribution in [-0.4, -0.2) is 36.6 Å². The molecule has 0 amide bonds. The van der Waals surface area contributed by atoms with Crippen LogP contribution in [0, 0.1) is 5.92 Å². The second-order valence-corrected chi connectivity index (χ2v) is 6.10. The Morgan fingerprint density at radius 1 is 0.944 bits per heavy atom. The van der Waals surface area contributed by atoms with Gasteiger partial charge in [0.1, 0.15) is 0 Å². The molecule has 0 fully saturated rings. The zero-order valence-corrected chi connectivity index (χ0v) is 13.6. The highest BCUT2D eigenvalue weighted by atomic mass is 15.2. The largest absolute Gasteiger partial charge is 0.312 e. The third-order valence-corrected chi connectivity index (χ3v) is 3.67. The minimum atomic E-state index is 0.633. The Labute approximate surface area is 116 Å². The van der Waals surface area contributed by atoms with Gasteiger partial charge < -0.3 is 5.32 Å². The highest BCUT2D eigenvalue weighted by molar-refractivity contribution is 4.77. The molecule has 1 atom stereocenters. The van der Waals surface area contributed by atoms with Crippen LogP contribution in [0.25, 0.3) is 0 Å². The Bertz CT molecular complexity index is 178. The highest BCUT2D eigenvalue weighted by Crippen LogP contribution is 2.09. The molecule has 0 aromatic rings. The Hall–Kier alpha value is -0.0800. The predicted molar refractivity (Wildman–Crippen MR) is 83.2 cm³/mol. The van der Waals surface area contributed by atoms with Crippen molar-refractivity contribution in [2.24, 2.45) is 5.92 Å². The first-order chi connectivity index (χ1) is 8.52. The molecular weight excluding hydrogens is 220 g/mol. The van der Waals surface area contributed by atoms with Crippen molar-refractivity contribution in [1.82, 2.24) is 10.2 Å². The lowest BCUT2D eigenvalue weighted by Gasteiger charge is -2.33. The molecule has 0 aliphatic carbocycles. The van der Waals surface area contributed by atoms with Crippen molar-refractivity contribution < 1.29 is 0 Å². The molecule has 2 heteroatoms. The monoisotopic (exact) mass is 256 g/mol. The summed E-state index contributed by atoms with van der Waals surface area (Å²) in [6.45, 7) is 17.4. The van der Waals surface area contributed by atoms with Crippen LogP contribution in [-0.2, 0) is 0 Å². The molecule has 1 unspecified atom stereocenters. The molecule has 1 N–H and O–H groups in total. The second-order valence-electron chi connectivity index (χ2n) is 6.10. The summed E-state index contributed by atoms with van der Waals surface area (Å²) < 4.78 is 0.